The Morgan fingerprint density at radius 3 is 2.76 bits per heavy atom. The number of nitrogens with two attached hydrogens (primary N) is 1. The van der Waals surface area contributed by atoms with Crippen LogP contribution in [0.25, 0.3) is 0 Å². The molecule has 7 heteroatoms. The number of anilines is 1. The predicted octanol–water partition coefficient (Wildman–Crippen LogP) is 2.06. The van der Waals surface area contributed by atoms with E-state index in [0.29, 0.717) is 5.69 Å². The Kier molecular flexibility index (Phi) is 4.13. The molecule has 7 nitrogen and oxygen atoms in total. The summed E-state index contributed by atoms with van der Waals surface area (Å²) in [7, 11) is 0. The predicted molar refractivity (Wildman–Crippen MR) is 77.6 cm³/mol. The van der Waals surface area contributed by atoms with Crippen LogP contribution in [-0.4, -0.2) is 15.8 Å². The Bertz CT molecular complexity index is 673. The van der Waals surface area contributed by atoms with Crippen molar-refractivity contribution in [2.24, 2.45) is 0 Å². The quantitative estimate of drug-likeness (QED) is 0.507. The number of benzene rings is 1. The standard InChI is InChI=1S/C14H14N4O3/c1-9(12-4-2-3-7-16-12)17-14(19)10-5-6-11(15)13(8-10)18(20)21/h2-9H,15H2,1H3,(H,17,19). The molecule has 3 N–H and O–H groups in total. The Morgan fingerprint density at radius 1 is 1.38 bits per heavy atom. The average Bonchev–Trinajstić information content (AvgIpc) is 2.48. The molecule has 2 rings (SSSR count). The Hall–Kier alpha value is -2.96. The maximum absolute atomic E-state index is 12.1. The molecule has 0 aliphatic rings. The lowest BCUT2D eigenvalue weighted by atomic mass is 10.1. The Balaban J connectivity index is 2.17. The van der Waals surface area contributed by atoms with E-state index in [-0.39, 0.29) is 23.0 Å². The molecule has 1 atom stereocenters. The first kappa shape index (κ1) is 14.4. The lowest BCUT2D eigenvalue weighted by Gasteiger charge is -2.13. The molecule has 0 bridgehead atoms. The number of carbonyl (C=O) groups is 1. The van der Waals surface area contributed by atoms with E-state index in [1.165, 1.54) is 12.1 Å². The van der Waals surface area contributed by atoms with Gasteiger partial charge >= 0.3 is 0 Å². The number of pyridine rings is 1. The summed E-state index contributed by atoms with van der Waals surface area (Å²) in [6, 6.07) is 9.03. The van der Waals surface area contributed by atoms with Gasteiger partial charge in [0, 0.05) is 17.8 Å². The van der Waals surface area contributed by atoms with E-state index in [1.54, 1.807) is 25.3 Å². The number of nitrogens with one attached hydrogen (secondary N) is 1. The zero-order valence-electron chi connectivity index (χ0n) is 11.3. The van der Waals surface area contributed by atoms with E-state index < -0.39 is 10.8 Å². The minimum absolute atomic E-state index is 0.0225. The maximum atomic E-state index is 12.1. The third kappa shape index (κ3) is 3.33. The van der Waals surface area contributed by atoms with Gasteiger partial charge in [0.2, 0.25) is 0 Å². The number of hydrogen-bond donors (Lipinski definition) is 2. The summed E-state index contributed by atoms with van der Waals surface area (Å²) in [5, 5.41) is 13.6. The summed E-state index contributed by atoms with van der Waals surface area (Å²) in [5.74, 6) is -0.420. The van der Waals surface area contributed by atoms with E-state index in [0.717, 1.165) is 6.07 Å². The van der Waals surface area contributed by atoms with Gasteiger partial charge in [-0.05, 0) is 31.2 Å². The van der Waals surface area contributed by atoms with Crippen LogP contribution in [-0.2, 0) is 0 Å². The molecule has 0 fully saturated rings. The number of hydrogen-bond acceptors (Lipinski definition) is 5. The summed E-state index contributed by atoms with van der Waals surface area (Å²) in [6.45, 7) is 1.78. The van der Waals surface area contributed by atoms with E-state index in [9.17, 15) is 14.9 Å². The van der Waals surface area contributed by atoms with Gasteiger partial charge in [0.25, 0.3) is 11.6 Å². The fourth-order valence-electron chi connectivity index (χ4n) is 1.83. The first-order valence-electron chi connectivity index (χ1n) is 6.24. The van der Waals surface area contributed by atoms with Crippen LogP contribution >= 0.6 is 0 Å². The molecular weight excluding hydrogens is 272 g/mol. The zero-order valence-corrected chi connectivity index (χ0v) is 11.3. The molecule has 0 spiro atoms. The minimum atomic E-state index is -0.617. The van der Waals surface area contributed by atoms with Crippen molar-refractivity contribution in [3.63, 3.8) is 0 Å². The summed E-state index contributed by atoms with van der Waals surface area (Å²) in [4.78, 5) is 26.5. The van der Waals surface area contributed by atoms with Gasteiger partial charge in [0.15, 0.2) is 0 Å². The second-order valence-corrected chi connectivity index (χ2v) is 4.48. The second kappa shape index (κ2) is 6.00. The number of nitro benzene ring substituents is 1. The van der Waals surface area contributed by atoms with Gasteiger partial charge in [-0.25, -0.2) is 0 Å². The average molecular weight is 286 g/mol. The van der Waals surface area contributed by atoms with Crippen molar-refractivity contribution >= 4 is 17.3 Å². The summed E-state index contributed by atoms with van der Waals surface area (Å²) >= 11 is 0. The molecule has 1 aromatic carbocycles. The van der Waals surface area contributed by atoms with Crippen molar-refractivity contribution in [1.82, 2.24) is 10.3 Å². The van der Waals surface area contributed by atoms with Crippen molar-refractivity contribution < 1.29 is 9.72 Å². The fourth-order valence-corrected chi connectivity index (χ4v) is 1.83. The molecule has 0 radical (unpaired) electrons. The number of amides is 1. The zero-order chi connectivity index (χ0) is 15.4. The third-order valence-corrected chi connectivity index (χ3v) is 2.97. The Morgan fingerprint density at radius 2 is 2.14 bits per heavy atom. The summed E-state index contributed by atoms with van der Waals surface area (Å²) < 4.78 is 0. The van der Waals surface area contributed by atoms with E-state index in [1.807, 2.05) is 6.07 Å². The lowest BCUT2D eigenvalue weighted by Crippen LogP contribution is -2.27. The SMILES string of the molecule is CC(NC(=O)c1ccc(N)c([N+](=O)[O-])c1)c1ccccn1. The highest BCUT2D eigenvalue weighted by Crippen LogP contribution is 2.22. The number of aromatic nitrogens is 1. The van der Waals surface area contributed by atoms with E-state index in [4.69, 9.17) is 5.73 Å². The molecule has 1 aromatic heterocycles. The highest BCUT2D eigenvalue weighted by Gasteiger charge is 2.17. The van der Waals surface area contributed by atoms with Gasteiger partial charge in [-0.15, -0.1) is 0 Å². The topological polar surface area (TPSA) is 111 Å². The van der Waals surface area contributed by atoms with Crippen LogP contribution in [0.2, 0.25) is 0 Å². The largest absolute Gasteiger partial charge is 0.393 e. The molecule has 108 valence electrons. The van der Waals surface area contributed by atoms with Gasteiger partial charge in [-0.3, -0.25) is 19.9 Å². The van der Waals surface area contributed by atoms with Crippen LogP contribution in [0.5, 0.6) is 0 Å². The minimum Gasteiger partial charge on any atom is -0.393 e. The number of nitrogens with zero attached hydrogens (tertiary/aromatic N) is 2. The van der Waals surface area contributed by atoms with Gasteiger partial charge in [-0.1, -0.05) is 6.07 Å². The molecule has 0 aliphatic heterocycles. The van der Waals surface area contributed by atoms with Gasteiger partial charge < -0.3 is 11.1 Å². The highest BCUT2D eigenvalue weighted by molar-refractivity contribution is 5.95. The second-order valence-electron chi connectivity index (χ2n) is 4.48. The number of nitrogen functional groups attached to an aromatic ring is 1. The molecule has 21 heavy (non-hydrogen) atoms. The molecule has 0 saturated carbocycles. The normalized spacial score (nSPS) is 11.7. The van der Waals surface area contributed by atoms with Crippen LogP contribution in [0.4, 0.5) is 11.4 Å². The number of carbonyl (C=O) groups excluding carboxylic acids is 1. The van der Waals surface area contributed by atoms with E-state index in [2.05, 4.69) is 10.3 Å². The lowest BCUT2D eigenvalue weighted by molar-refractivity contribution is -0.383. The molecule has 1 amide bonds. The van der Waals surface area contributed by atoms with Crippen LogP contribution in [0, 0.1) is 10.1 Å². The summed E-state index contributed by atoms with van der Waals surface area (Å²) in [5.41, 5.74) is 6.12. The molecule has 1 unspecified atom stereocenters. The molecular formula is C14H14N4O3. The number of rotatable bonds is 4. The van der Waals surface area contributed by atoms with Crippen LogP contribution in [0.3, 0.4) is 0 Å². The Labute approximate surface area is 121 Å². The van der Waals surface area contributed by atoms with Crippen molar-refractivity contribution in [2.45, 2.75) is 13.0 Å². The van der Waals surface area contributed by atoms with Crippen LogP contribution in [0.1, 0.15) is 29.0 Å². The first-order valence-corrected chi connectivity index (χ1v) is 6.24. The molecule has 0 saturated heterocycles. The molecule has 2 aromatic rings. The third-order valence-electron chi connectivity index (χ3n) is 2.97. The van der Waals surface area contributed by atoms with Crippen LogP contribution < -0.4 is 11.1 Å². The first-order chi connectivity index (χ1) is 9.99. The van der Waals surface area contributed by atoms with Gasteiger partial charge in [0.05, 0.1) is 16.7 Å². The van der Waals surface area contributed by atoms with Crippen molar-refractivity contribution in [2.75, 3.05) is 5.73 Å². The summed E-state index contributed by atoms with van der Waals surface area (Å²) in [6.07, 6.45) is 1.63. The van der Waals surface area contributed by atoms with Crippen LogP contribution in [0.15, 0.2) is 42.6 Å². The molecule has 0 aliphatic carbocycles. The number of nitro groups is 1. The monoisotopic (exact) mass is 286 g/mol. The van der Waals surface area contributed by atoms with Crippen molar-refractivity contribution in [3.05, 3.63) is 64.0 Å². The fraction of sp³-hybridized carbons (Fsp3) is 0.143. The van der Waals surface area contributed by atoms with Gasteiger partial charge in [-0.2, -0.15) is 0 Å². The smallest absolute Gasteiger partial charge is 0.292 e. The van der Waals surface area contributed by atoms with Crippen molar-refractivity contribution in [3.8, 4) is 0 Å². The maximum Gasteiger partial charge on any atom is 0.292 e. The highest BCUT2D eigenvalue weighted by atomic mass is 16.6. The van der Waals surface area contributed by atoms with E-state index >= 15 is 0 Å². The van der Waals surface area contributed by atoms with Gasteiger partial charge in [0.1, 0.15) is 5.69 Å². The van der Waals surface area contributed by atoms with Crippen molar-refractivity contribution in [1.29, 1.82) is 0 Å². The molecule has 1 heterocycles.